The van der Waals surface area contributed by atoms with Gasteiger partial charge in [0.2, 0.25) is 0 Å². The first-order valence-electron chi connectivity index (χ1n) is 8.42. The molecule has 0 saturated heterocycles. The molecule has 0 radical (unpaired) electrons. The zero-order valence-corrected chi connectivity index (χ0v) is 14.4. The Hall–Kier alpha value is -2.92. The van der Waals surface area contributed by atoms with Crippen molar-refractivity contribution in [3.63, 3.8) is 0 Å². The number of hydrogen-bond acceptors (Lipinski definition) is 3. The fraction of sp³-hybridized carbons (Fsp3) is 0.200. The lowest BCUT2D eigenvalue weighted by Crippen LogP contribution is -2.25. The third-order valence-electron chi connectivity index (χ3n) is 4.64. The summed E-state index contributed by atoms with van der Waals surface area (Å²) < 4.78 is 2.17. The number of fused-ring (bicyclic) bond motifs is 1. The van der Waals surface area contributed by atoms with E-state index in [-0.39, 0.29) is 6.04 Å². The number of para-hydroxylation sites is 2. The van der Waals surface area contributed by atoms with Gasteiger partial charge in [-0.2, -0.15) is 5.10 Å². The van der Waals surface area contributed by atoms with E-state index in [1.54, 1.807) is 0 Å². The molecular weight excluding hydrogens is 310 g/mol. The predicted octanol–water partition coefficient (Wildman–Crippen LogP) is 3.48. The van der Waals surface area contributed by atoms with Crippen LogP contribution in [0.15, 0.2) is 60.8 Å². The van der Waals surface area contributed by atoms with E-state index in [2.05, 4.69) is 63.5 Å². The van der Waals surface area contributed by atoms with Crippen LogP contribution in [0, 0.1) is 6.92 Å². The fourth-order valence-electron chi connectivity index (χ4n) is 3.19. The Morgan fingerprint density at radius 2 is 1.84 bits per heavy atom. The minimum atomic E-state index is 0.00731. The molecule has 126 valence electrons. The second-order valence-corrected chi connectivity index (χ2v) is 6.26. The van der Waals surface area contributed by atoms with Crippen LogP contribution in [0.3, 0.4) is 0 Å². The maximum Gasteiger partial charge on any atom is 0.131 e. The molecule has 25 heavy (non-hydrogen) atoms. The number of rotatable bonds is 5. The number of nitrogens with one attached hydrogen (secondary N) is 2. The second kappa shape index (κ2) is 6.53. The molecule has 2 aromatic heterocycles. The number of nitrogens with zero attached hydrogens (tertiary/aromatic N) is 3. The van der Waals surface area contributed by atoms with Gasteiger partial charge in [-0.05, 0) is 24.6 Å². The molecule has 2 aromatic carbocycles. The molecule has 0 aliphatic carbocycles. The third kappa shape index (κ3) is 2.94. The number of hydrogen-bond donors (Lipinski definition) is 2. The number of benzene rings is 2. The van der Waals surface area contributed by atoms with Crippen molar-refractivity contribution in [3.05, 3.63) is 83.4 Å². The lowest BCUT2D eigenvalue weighted by molar-refractivity contribution is 0.560. The highest BCUT2D eigenvalue weighted by atomic mass is 15.1. The average Bonchev–Trinajstić information content (AvgIpc) is 3.20. The second-order valence-electron chi connectivity index (χ2n) is 6.26. The van der Waals surface area contributed by atoms with E-state index < -0.39 is 0 Å². The molecule has 0 aliphatic rings. The summed E-state index contributed by atoms with van der Waals surface area (Å²) in [5.74, 6) is 1.01. The minimum absolute atomic E-state index is 0.00731. The highest BCUT2D eigenvalue weighted by Crippen LogP contribution is 2.25. The number of aromatic nitrogens is 4. The quantitative estimate of drug-likeness (QED) is 0.588. The molecule has 0 aliphatic heterocycles. The summed E-state index contributed by atoms with van der Waals surface area (Å²) in [6.45, 7) is 2.77. The minimum Gasteiger partial charge on any atom is -0.330 e. The molecule has 0 bridgehead atoms. The van der Waals surface area contributed by atoms with Gasteiger partial charge in [-0.25, -0.2) is 4.98 Å². The third-order valence-corrected chi connectivity index (χ3v) is 4.64. The van der Waals surface area contributed by atoms with Gasteiger partial charge in [0, 0.05) is 24.8 Å². The van der Waals surface area contributed by atoms with Gasteiger partial charge >= 0.3 is 0 Å². The maximum atomic E-state index is 4.89. The van der Waals surface area contributed by atoms with Crippen molar-refractivity contribution in [3.8, 4) is 0 Å². The van der Waals surface area contributed by atoms with Gasteiger partial charge in [-0.1, -0.05) is 42.5 Å². The van der Waals surface area contributed by atoms with Gasteiger partial charge in [0.05, 0.1) is 23.3 Å². The Kier molecular flexibility index (Phi) is 4.07. The number of aromatic amines is 1. The fourth-order valence-corrected chi connectivity index (χ4v) is 3.19. The SMILES string of the molecule is Cc1[nH]ncc1CNC(c1ccccc1)c1nc2ccccc2n1C. The van der Waals surface area contributed by atoms with Crippen molar-refractivity contribution < 1.29 is 0 Å². The molecule has 1 unspecified atom stereocenters. The lowest BCUT2D eigenvalue weighted by Gasteiger charge is -2.19. The molecule has 0 saturated carbocycles. The van der Waals surface area contributed by atoms with E-state index in [4.69, 9.17) is 4.98 Å². The van der Waals surface area contributed by atoms with Crippen LogP contribution in [0.4, 0.5) is 0 Å². The first-order chi connectivity index (χ1) is 12.2. The number of imidazole rings is 1. The van der Waals surface area contributed by atoms with E-state index >= 15 is 0 Å². The topological polar surface area (TPSA) is 58.5 Å². The standard InChI is InChI=1S/C20H21N5/c1-14-16(13-22-24-14)12-21-19(15-8-4-3-5-9-15)20-23-17-10-6-7-11-18(17)25(20)2/h3-11,13,19,21H,12H2,1-2H3,(H,22,24). The molecule has 2 N–H and O–H groups in total. The Labute approximate surface area is 146 Å². The first kappa shape index (κ1) is 15.6. The Balaban J connectivity index is 1.74. The number of aryl methyl sites for hydroxylation is 2. The summed E-state index contributed by atoms with van der Waals surface area (Å²) in [6, 6.07) is 18.7. The summed E-state index contributed by atoms with van der Waals surface area (Å²) in [5.41, 5.74) is 5.60. The largest absolute Gasteiger partial charge is 0.330 e. The molecule has 0 amide bonds. The van der Waals surface area contributed by atoms with E-state index in [1.807, 2.05) is 31.3 Å². The molecule has 1 atom stereocenters. The van der Waals surface area contributed by atoms with Crippen LogP contribution in [0.25, 0.3) is 11.0 Å². The van der Waals surface area contributed by atoms with Crippen LogP contribution in [-0.2, 0) is 13.6 Å². The summed E-state index contributed by atoms with van der Waals surface area (Å²) in [7, 11) is 2.07. The van der Waals surface area contributed by atoms with Crippen molar-refractivity contribution in [2.24, 2.45) is 7.05 Å². The van der Waals surface area contributed by atoms with Crippen molar-refractivity contribution in [1.29, 1.82) is 0 Å². The van der Waals surface area contributed by atoms with Crippen LogP contribution in [-0.4, -0.2) is 19.7 Å². The zero-order valence-electron chi connectivity index (χ0n) is 14.4. The zero-order chi connectivity index (χ0) is 17.2. The first-order valence-corrected chi connectivity index (χ1v) is 8.42. The van der Waals surface area contributed by atoms with Gasteiger partial charge in [0.1, 0.15) is 5.82 Å². The highest BCUT2D eigenvalue weighted by molar-refractivity contribution is 5.76. The summed E-state index contributed by atoms with van der Waals surface area (Å²) in [4.78, 5) is 4.89. The molecule has 2 heterocycles. The number of H-pyrrole nitrogens is 1. The van der Waals surface area contributed by atoms with E-state index in [1.165, 1.54) is 11.1 Å². The van der Waals surface area contributed by atoms with Crippen molar-refractivity contribution in [2.75, 3.05) is 0 Å². The molecule has 0 fully saturated rings. The van der Waals surface area contributed by atoms with Gasteiger partial charge < -0.3 is 4.57 Å². The summed E-state index contributed by atoms with van der Waals surface area (Å²) >= 11 is 0. The summed E-state index contributed by atoms with van der Waals surface area (Å²) in [6.07, 6.45) is 1.87. The van der Waals surface area contributed by atoms with Gasteiger partial charge in [-0.3, -0.25) is 10.4 Å². The van der Waals surface area contributed by atoms with E-state index in [0.717, 1.165) is 29.1 Å². The Morgan fingerprint density at radius 1 is 1.08 bits per heavy atom. The molecule has 4 aromatic rings. The monoisotopic (exact) mass is 331 g/mol. The molecule has 5 heteroatoms. The molecular formula is C20H21N5. The van der Waals surface area contributed by atoms with Crippen LogP contribution >= 0.6 is 0 Å². The summed E-state index contributed by atoms with van der Waals surface area (Å²) in [5, 5.41) is 10.8. The molecule has 0 spiro atoms. The lowest BCUT2D eigenvalue weighted by atomic mass is 10.1. The van der Waals surface area contributed by atoms with Gasteiger partial charge in [0.15, 0.2) is 0 Å². The smallest absolute Gasteiger partial charge is 0.131 e. The normalized spacial score (nSPS) is 12.6. The van der Waals surface area contributed by atoms with Crippen molar-refractivity contribution in [2.45, 2.75) is 19.5 Å². The van der Waals surface area contributed by atoms with Crippen LogP contribution < -0.4 is 5.32 Å². The van der Waals surface area contributed by atoms with Gasteiger partial charge in [0.25, 0.3) is 0 Å². The Bertz CT molecular complexity index is 984. The van der Waals surface area contributed by atoms with Crippen molar-refractivity contribution in [1.82, 2.24) is 25.1 Å². The van der Waals surface area contributed by atoms with Crippen LogP contribution in [0.2, 0.25) is 0 Å². The highest BCUT2D eigenvalue weighted by Gasteiger charge is 2.20. The molecule has 4 rings (SSSR count). The van der Waals surface area contributed by atoms with E-state index in [0.29, 0.717) is 0 Å². The average molecular weight is 331 g/mol. The van der Waals surface area contributed by atoms with Crippen molar-refractivity contribution >= 4 is 11.0 Å². The van der Waals surface area contributed by atoms with Crippen LogP contribution in [0.5, 0.6) is 0 Å². The van der Waals surface area contributed by atoms with E-state index in [9.17, 15) is 0 Å². The Morgan fingerprint density at radius 3 is 2.56 bits per heavy atom. The van der Waals surface area contributed by atoms with Gasteiger partial charge in [-0.15, -0.1) is 0 Å². The molecule has 5 nitrogen and oxygen atoms in total. The van der Waals surface area contributed by atoms with Crippen LogP contribution in [0.1, 0.15) is 28.7 Å². The predicted molar refractivity (Wildman–Crippen MR) is 99.2 cm³/mol. The maximum absolute atomic E-state index is 4.89.